The zero-order valence-electron chi connectivity index (χ0n) is 14.7. The van der Waals surface area contributed by atoms with E-state index in [2.05, 4.69) is 0 Å². The molecule has 0 spiro atoms. The maximum atomic E-state index is 13.1. The lowest BCUT2D eigenvalue weighted by molar-refractivity contribution is -0.141. The number of likely N-dealkylation sites (tertiary alicyclic amines) is 1. The molecule has 0 aromatic heterocycles. The number of carbonyl (C=O) groups excluding carboxylic acids is 1. The lowest BCUT2D eigenvalue weighted by atomic mass is 9.84. The molecule has 3 rings (SSSR count). The van der Waals surface area contributed by atoms with Crippen molar-refractivity contribution in [2.75, 3.05) is 13.7 Å². The summed E-state index contributed by atoms with van der Waals surface area (Å²) in [5.41, 5.74) is 0.442. The van der Waals surface area contributed by atoms with Gasteiger partial charge in [-0.05, 0) is 50.3 Å². The van der Waals surface area contributed by atoms with Gasteiger partial charge in [0.15, 0.2) is 11.5 Å². The zero-order valence-corrected chi connectivity index (χ0v) is 14.7. The third-order valence-electron chi connectivity index (χ3n) is 5.32. The fourth-order valence-electron chi connectivity index (χ4n) is 4.20. The van der Waals surface area contributed by atoms with Crippen molar-refractivity contribution >= 4 is 11.9 Å². The van der Waals surface area contributed by atoms with E-state index < -0.39 is 12.0 Å². The molecular formula is C19H25NO5. The normalized spacial score (nSPS) is 25.4. The van der Waals surface area contributed by atoms with E-state index >= 15 is 0 Å². The van der Waals surface area contributed by atoms with Gasteiger partial charge in [-0.3, -0.25) is 4.79 Å². The first kappa shape index (κ1) is 17.6. The lowest BCUT2D eigenvalue weighted by Crippen LogP contribution is -2.46. The van der Waals surface area contributed by atoms with Crippen molar-refractivity contribution in [2.45, 2.75) is 51.1 Å². The summed E-state index contributed by atoms with van der Waals surface area (Å²) in [5.74, 6) is 0.208. The number of benzene rings is 1. The Balaban J connectivity index is 1.91. The monoisotopic (exact) mass is 347 g/mol. The number of aliphatic carboxylic acids is 1. The molecule has 3 unspecified atom stereocenters. The molecule has 1 aliphatic heterocycles. The van der Waals surface area contributed by atoms with Gasteiger partial charge in [0.2, 0.25) is 0 Å². The third kappa shape index (κ3) is 3.30. The van der Waals surface area contributed by atoms with Crippen molar-refractivity contribution < 1.29 is 24.2 Å². The van der Waals surface area contributed by atoms with E-state index in [-0.39, 0.29) is 11.9 Å². The number of rotatable bonds is 5. The highest BCUT2D eigenvalue weighted by molar-refractivity contribution is 5.98. The molecule has 1 aromatic rings. The number of hydrogen-bond donors (Lipinski definition) is 1. The van der Waals surface area contributed by atoms with Gasteiger partial charge in [0, 0.05) is 11.6 Å². The molecule has 6 heteroatoms. The van der Waals surface area contributed by atoms with Gasteiger partial charge in [-0.2, -0.15) is 0 Å². The summed E-state index contributed by atoms with van der Waals surface area (Å²) >= 11 is 0. The molecular weight excluding hydrogens is 322 g/mol. The van der Waals surface area contributed by atoms with Crippen LogP contribution >= 0.6 is 0 Å². The number of ether oxygens (including phenoxy) is 2. The van der Waals surface area contributed by atoms with Crippen LogP contribution in [0.3, 0.4) is 0 Å². The number of carboxylic acids is 1. The first-order valence-electron chi connectivity index (χ1n) is 8.93. The van der Waals surface area contributed by atoms with Crippen molar-refractivity contribution in [3.8, 4) is 11.5 Å². The molecule has 6 nitrogen and oxygen atoms in total. The topological polar surface area (TPSA) is 76.1 Å². The van der Waals surface area contributed by atoms with E-state index in [1.54, 1.807) is 23.1 Å². The van der Waals surface area contributed by atoms with Crippen molar-refractivity contribution in [1.82, 2.24) is 4.90 Å². The van der Waals surface area contributed by atoms with E-state index in [0.29, 0.717) is 36.0 Å². The maximum absolute atomic E-state index is 13.1. The van der Waals surface area contributed by atoms with Crippen LogP contribution < -0.4 is 9.47 Å². The highest BCUT2D eigenvalue weighted by Crippen LogP contribution is 2.41. The van der Waals surface area contributed by atoms with Crippen molar-refractivity contribution in [3.63, 3.8) is 0 Å². The minimum atomic E-state index is -0.916. The van der Waals surface area contributed by atoms with Crippen molar-refractivity contribution in [2.24, 2.45) is 5.92 Å². The average molecular weight is 347 g/mol. The number of amides is 1. The summed E-state index contributed by atoms with van der Waals surface area (Å²) in [7, 11) is 1.53. The molecule has 1 amide bonds. The zero-order chi connectivity index (χ0) is 18.0. The maximum Gasteiger partial charge on any atom is 0.326 e. The van der Waals surface area contributed by atoms with E-state index in [1.165, 1.54) is 7.11 Å². The number of carbonyl (C=O) groups is 2. The van der Waals surface area contributed by atoms with Gasteiger partial charge in [0.25, 0.3) is 5.91 Å². The van der Waals surface area contributed by atoms with Crippen molar-refractivity contribution in [3.05, 3.63) is 23.8 Å². The fourth-order valence-corrected chi connectivity index (χ4v) is 4.20. The first-order valence-corrected chi connectivity index (χ1v) is 8.93. The Morgan fingerprint density at radius 2 is 2.00 bits per heavy atom. The molecule has 1 saturated carbocycles. The van der Waals surface area contributed by atoms with Gasteiger partial charge in [0.1, 0.15) is 6.04 Å². The highest BCUT2D eigenvalue weighted by Gasteiger charge is 2.47. The predicted octanol–water partition coefficient (Wildman–Crippen LogP) is 2.95. The van der Waals surface area contributed by atoms with Crippen LogP contribution in [-0.4, -0.2) is 47.7 Å². The van der Waals surface area contributed by atoms with Gasteiger partial charge in [0.05, 0.1) is 13.7 Å². The van der Waals surface area contributed by atoms with Crippen LogP contribution in [0.25, 0.3) is 0 Å². The molecule has 2 aliphatic rings. The summed E-state index contributed by atoms with van der Waals surface area (Å²) in [6.07, 6.45) is 4.61. The molecule has 1 heterocycles. The number of hydrogen-bond acceptors (Lipinski definition) is 4. The summed E-state index contributed by atoms with van der Waals surface area (Å²) in [5, 5.41) is 9.60. The van der Waals surface area contributed by atoms with E-state index in [9.17, 15) is 14.7 Å². The number of methoxy groups -OCH3 is 1. The van der Waals surface area contributed by atoms with E-state index in [1.807, 2.05) is 6.92 Å². The largest absolute Gasteiger partial charge is 0.493 e. The van der Waals surface area contributed by atoms with Crippen LogP contribution in [0.15, 0.2) is 18.2 Å². The summed E-state index contributed by atoms with van der Waals surface area (Å²) < 4.78 is 10.8. The smallest absolute Gasteiger partial charge is 0.326 e. The second-order valence-electron chi connectivity index (χ2n) is 6.71. The summed E-state index contributed by atoms with van der Waals surface area (Å²) in [6.45, 7) is 2.38. The number of fused-ring (bicyclic) bond motifs is 1. The summed E-state index contributed by atoms with van der Waals surface area (Å²) in [6, 6.07) is 4.32. The van der Waals surface area contributed by atoms with Crippen LogP contribution in [0, 0.1) is 5.92 Å². The lowest BCUT2D eigenvalue weighted by Gasteiger charge is -2.33. The molecule has 0 bridgehead atoms. The first-order chi connectivity index (χ1) is 12.1. The summed E-state index contributed by atoms with van der Waals surface area (Å²) in [4.78, 5) is 26.4. The molecule has 1 saturated heterocycles. The Morgan fingerprint density at radius 1 is 1.24 bits per heavy atom. The predicted molar refractivity (Wildman–Crippen MR) is 92.1 cm³/mol. The molecule has 136 valence electrons. The molecule has 3 atom stereocenters. The van der Waals surface area contributed by atoms with E-state index in [4.69, 9.17) is 9.47 Å². The van der Waals surface area contributed by atoms with Gasteiger partial charge in [-0.25, -0.2) is 4.79 Å². The average Bonchev–Trinajstić information content (AvgIpc) is 3.01. The number of nitrogens with zero attached hydrogens (tertiary/aromatic N) is 1. The van der Waals surface area contributed by atoms with E-state index in [0.717, 1.165) is 25.7 Å². The Hall–Kier alpha value is -2.24. The molecule has 2 fully saturated rings. The Morgan fingerprint density at radius 3 is 2.68 bits per heavy atom. The Bertz CT molecular complexity index is 659. The SMILES string of the molecule is CCOc1ccc(C(=O)N2C(C(=O)O)CC3CCCCC32)cc1OC. The second-order valence-corrected chi connectivity index (χ2v) is 6.71. The number of carboxylic acid groups (broad SMARTS) is 1. The fraction of sp³-hybridized carbons (Fsp3) is 0.579. The minimum Gasteiger partial charge on any atom is -0.493 e. The Labute approximate surface area is 147 Å². The van der Waals surface area contributed by atoms with Crippen LogP contribution in [0.5, 0.6) is 11.5 Å². The van der Waals surface area contributed by atoms with Crippen LogP contribution in [0.4, 0.5) is 0 Å². The van der Waals surface area contributed by atoms with Gasteiger partial charge in [-0.15, -0.1) is 0 Å². The van der Waals surface area contributed by atoms with Gasteiger partial charge < -0.3 is 19.5 Å². The van der Waals surface area contributed by atoms with Crippen molar-refractivity contribution in [1.29, 1.82) is 0 Å². The van der Waals surface area contributed by atoms with Crippen LogP contribution in [-0.2, 0) is 4.79 Å². The molecule has 1 aromatic carbocycles. The molecule has 0 radical (unpaired) electrons. The highest BCUT2D eigenvalue weighted by atomic mass is 16.5. The standard InChI is InChI=1S/C19H25NO5/c1-3-25-16-9-8-13(11-17(16)24-2)18(21)20-14-7-5-4-6-12(14)10-15(20)19(22)23/h8-9,11-12,14-15H,3-7,10H2,1-2H3,(H,22,23). The van der Waals surface area contributed by atoms with Crippen LogP contribution in [0.2, 0.25) is 0 Å². The molecule has 25 heavy (non-hydrogen) atoms. The minimum absolute atomic E-state index is 0.0277. The Kier molecular flexibility index (Phi) is 5.16. The van der Waals surface area contributed by atoms with Crippen LogP contribution in [0.1, 0.15) is 49.4 Å². The molecule has 1 aliphatic carbocycles. The van der Waals surface area contributed by atoms with Gasteiger partial charge >= 0.3 is 5.97 Å². The third-order valence-corrected chi connectivity index (χ3v) is 5.32. The molecule has 1 N–H and O–H groups in total. The second kappa shape index (κ2) is 7.33. The quantitative estimate of drug-likeness (QED) is 0.886. The van der Waals surface area contributed by atoms with Gasteiger partial charge in [-0.1, -0.05) is 12.8 Å².